The molecule has 0 saturated heterocycles. The summed E-state index contributed by atoms with van der Waals surface area (Å²) in [5, 5.41) is 8.34. The molecule has 0 aromatic heterocycles. The highest BCUT2D eigenvalue weighted by molar-refractivity contribution is 7.99. The second-order valence-electron chi connectivity index (χ2n) is 26.1. The first-order chi connectivity index (χ1) is 42.8. The highest BCUT2D eigenvalue weighted by Crippen LogP contribution is 2.44. The Morgan fingerprint density at radius 3 is 1.43 bits per heavy atom. The summed E-state index contributed by atoms with van der Waals surface area (Å²) in [7, 11) is 0. The molecule has 0 bridgehead atoms. The monoisotopic (exact) mass is 1250 g/mol. The van der Waals surface area contributed by atoms with Gasteiger partial charge in [-0.3, -0.25) is 24.0 Å². The van der Waals surface area contributed by atoms with Crippen molar-refractivity contribution in [3.8, 4) is 11.1 Å². The summed E-state index contributed by atoms with van der Waals surface area (Å²) in [4.78, 5) is 94.2. The van der Waals surface area contributed by atoms with E-state index in [2.05, 4.69) is 29.8 Å². The highest BCUT2D eigenvalue weighted by atomic mass is 32.2. The first kappa shape index (κ1) is 75.6. The van der Waals surface area contributed by atoms with Crippen LogP contribution in [-0.2, 0) is 47.7 Å². The van der Waals surface area contributed by atoms with Gasteiger partial charge in [0.1, 0.15) is 42.6 Å². The number of unbranched alkanes of at least 4 members (excludes halogenated alkanes) is 24. The molecule has 4 rings (SSSR count). The predicted octanol–water partition coefficient (Wildman–Crippen LogP) is 17.2. The molecule has 0 radical (unpaired) electrons. The zero-order chi connectivity index (χ0) is 64.7. The van der Waals surface area contributed by atoms with Crippen LogP contribution in [0.25, 0.3) is 11.1 Å². The summed E-state index contributed by atoms with van der Waals surface area (Å²) in [6.07, 6.45) is 29.6. The number of amides is 3. The van der Waals surface area contributed by atoms with Crippen molar-refractivity contribution in [3.05, 3.63) is 89.5 Å². The lowest BCUT2D eigenvalue weighted by Crippen LogP contribution is -2.46. The van der Waals surface area contributed by atoms with Gasteiger partial charge in [-0.25, -0.2) is 9.59 Å². The number of ether oxygens (including phenoxy) is 5. The number of hydrogen-bond donors (Lipinski definition) is 3. The van der Waals surface area contributed by atoms with Gasteiger partial charge in [0.05, 0.1) is 0 Å². The molecular weight excluding hydrogens is 1140 g/mol. The highest BCUT2D eigenvalue weighted by Gasteiger charge is 2.32. The van der Waals surface area contributed by atoms with Crippen LogP contribution in [0.4, 0.5) is 10.5 Å². The van der Waals surface area contributed by atoms with E-state index in [4.69, 9.17) is 23.7 Å². The molecule has 3 aromatic carbocycles. The maximum absolute atomic E-state index is 14.3. The van der Waals surface area contributed by atoms with Gasteiger partial charge in [0.15, 0.2) is 0 Å². The molecule has 1 aliphatic rings. The van der Waals surface area contributed by atoms with E-state index in [1.54, 1.807) is 41.5 Å². The summed E-state index contributed by atoms with van der Waals surface area (Å²) in [6.45, 7) is 14.7. The first-order valence-corrected chi connectivity index (χ1v) is 35.1. The minimum atomic E-state index is -1.17. The Morgan fingerprint density at radius 1 is 0.483 bits per heavy atom. The van der Waals surface area contributed by atoms with E-state index >= 15 is 0 Å². The molecule has 3 N–H and O–H groups in total. The lowest BCUT2D eigenvalue weighted by molar-refractivity contribution is -0.158. The third kappa shape index (κ3) is 32.6. The summed E-state index contributed by atoms with van der Waals surface area (Å²) in [6, 6.07) is 19.7. The third-order valence-corrected chi connectivity index (χ3v) is 16.9. The van der Waals surface area contributed by atoms with Gasteiger partial charge >= 0.3 is 30.0 Å². The number of thioether (sulfide) groups is 1. The zero-order valence-electron chi connectivity index (χ0n) is 55.6. The number of fused-ring (bicyclic) bond motifs is 3. The van der Waals surface area contributed by atoms with E-state index in [1.807, 2.05) is 48.5 Å². The summed E-state index contributed by atoms with van der Waals surface area (Å²) < 4.78 is 28.7. The van der Waals surface area contributed by atoms with Crippen molar-refractivity contribution in [1.82, 2.24) is 10.6 Å². The minimum absolute atomic E-state index is 0.0165. The van der Waals surface area contributed by atoms with Crippen molar-refractivity contribution in [3.63, 3.8) is 0 Å². The SMILES string of the molecule is CCCCCCCCCCCCCCCC(=O)OC[C@H](CSC[C@H](NC(=O)OCC1c2ccccc2-c2ccccc21)C(=O)Nc1ccc(C(=O)N[C@@H](CCC(=O)OC(C)(C)C)C(=O)OC(C)(C)C)cc1)OC(=O)CCCCCCCCCCCCCCC. The van der Waals surface area contributed by atoms with Gasteiger partial charge in [0.2, 0.25) is 5.91 Å². The Labute approximate surface area is 538 Å². The maximum atomic E-state index is 14.3. The second kappa shape index (κ2) is 43.0. The quantitative estimate of drug-likeness (QED) is 0.0274. The van der Waals surface area contributed by atoms with Crippen LogP contribution in [0, 0.1) is 0 Å². The Morgan fingerprint density at radius 2 is 0.944 bits per heavy atom. The van der Waals surface area contributed by atoms with Crippen LogP contribution < -0.4 is 16.0 Å². The number of nitrogens with one attached hydrogen (secondary N) is 3. The zero-order valence-corrected chi connectivity index (χ0v) is 56.4. The van der Waals surface area contributed by atoms with Crippen LogP contribution in [-0.4, -0.2) is 95.9 Å². The lowest BCUT2D eigenvalue weighted by Gasteiger charge is -2.25. The van der Waals surface area contributed by atoms with Gasteiger partial charge in [-0.05, 0) is 107 Å². The molecule has 3 atom stereocenters. The molecule has 3 amide bonds. The number of alkyl carbamates (subject to hydrolysis) is 1. The number of anilines is 1. The molecule has 0 saturated carbocycles. The van der Waals surface area contributed by atoms with Gasteiger partial charge in [0, 0.05) is 47.9 Å². The van der Waals surface area contributed by atoms with Crippen molar-refractivity contribution >= 4 is 59.2 Å². The fourth-order valence-electron chi connectivity index (χ4n) is 10.9. The van der Waals surface area contributed by atoms with Gasteiger partial charge in [0.25, 0.3) is 5.91 Å². The molecule has 496 valence electrons. The lowest BCUT2D eigenvalue weighted by atomic mass is 9.98. The molecular formula is C73H111N3O12S. The molecule has 0 spiro atoms. The van der Waals surface area contributed by atoms with Crippen molar-refractivity contribution in [2.45, 2.75) is 283 Å². The van der Waals surface area contributed by atoms with E-state index < -0.39 is 59.2 Å². The van der Waals surface area contributed by atoms with Gasteiger partial charge in [-0.2, -0.15) is 11.8 Å². The molecule has 1 aliphatic carbocycles. The van der Waals surface area contributed by atoms with Crippen LogP contribution in [0.5, 0.6) is 0 Å². The smallest absolute Gasteiger partial charge is 0.407 e. The Kier molecular flexibility index (Phi) is 36.5. The third-order valence-electron chi connectivity index (χ3n) is 15.7. The van der Waals surface area contributed by atoms with Crippen LogP contribution in [0.15, 0.2) is 72.8 Å². The number of rotatable bonds is 46. The predicted molar refractivity (Wildman–Crippen MR) is 358 cm³/mol. The average Bonchev–Trinajstić information content (AvgIpc) is 1.69. The topological polar surface area (TPSA) is 202 Å². The van der Waals surface area contributed by atoms with Crippen LogP contribution in [0.2, 0.25) is 0 Å². The first-order valence-electron chi connectivity index (χ1n) is 34.0. The van der Waals surface area contributed by atoms with Gasteiger partial charge < -0.3 is 39.6 Å². The number of carbonyl (C=O) groups excluding carboxylic acids is 7. The average molecular weight is 1250 g/mol. The van der Waals surface area contributed by atoms with E-state index in [0.717, 1.165) is 60.8 Å². The van der Waals surface area contributed by atoms with Gasteiger partial charge in [-0.1, -0.05) is 216 Å². The maximum Gasteiger partial charge on any atom is 0.407 e. The Balaban J connectivity index is 1.41. The second-order valence-corrected chi connectivity index (χ2v) is 27.2. The van der Waals surface area contributed by atoms with E-state index in [9.17, 15) is 33.6 Å². The van der Waals surface area contributed by atoms with Crippen molar-refractivity contribution in [2.75, 3.05) is 30.0 Å². The van der Waals surface area contributed by atoms with E-state index in [1.165, 1.54) is 152 Å². The number of esters is 4. The van der Waals surface area contributed by atoms with Crippen LogP contribution in [0.1, 0.15) is 275 Å². The van der Waals surface area contributed by atoms with Crippen molar-refractivity contribution in [1.29, 1.82) is 0 Å². The number of carbonyl (C=O) groups is 7. The van der Waals surface area contributed by atoms with Crippen molar-refractivity contribution in [2.24, 2.45) is 0 Å². The standard InChI is InChI=1S/C73H111N3O12S/c1-9-11-13-15-17-19-21-23-25-27-29-31-33-43-65(77)84-51-57(86-66(78)44-34-32-30-28-26-24-22-20-18-16-14-12-10-2)53-89-54-64(76-71(83)85-52-62-60-41-37-35-39-58(60)59-40-36-38-42-61(59)62)69(81)74-56-47-45-55(46-48-56)68(80)75-63(70(82)88-73(6,7)8)49-50-67(79)87-72(3,4)5/h35-42,45-48,57,62-64H,9-34,43-44,49-54H2,1-8H3,(H,74,81)(H,75,80)(H,76,83)/t57-,63+,64+/m1/s1. The molecule has 0 fully saturated rings. The van der Waals surface area contributed by atoms with Crippen LogP contribution in [0.3, 0.4) is 0 Å². The Hall–Kier alpha value is -5.90. The molecule has 16 heteroatoms. The molecule has 0 aliphatic heterocycles. The van der Waals surface area contributed by atoms with Gasteiger partial charge in [-0.15, -0.1) is 0 Å². The van der Waals surface area contributed by atoms with E-state index in [0.29, 0.717) is 18.5 Å². The minimum Gasteiger partial charge on any atom is -0.462 e. The van der Waals surface area contributed by atoms with E-state index in [-0.39, 0.29) is 73.8 Å². The molecule has 3 aromatic rings. The number of benzene rings is 3. The summed E-state index contributed by atoms with van der Waals surface area (Å²) in [5.74, 6) is -3.21. The molecule has 89 heavy (non-hydrogen) atoms. The summed E-state index contributed by atoms with van der Waals surface area (Å²) in [5.41, 5.74) is 3.08. The Bertz CT molecular complexity index is 2510. The largest absolute Gasteiger partial charge is 0.462 e. The molecule has 0 unspecified atom stereocenters. The molecule has 0 heterocycles. The number of hydrogen-bond acceptors (Lipinski definition) is 13. The fraction of sp³-hybridized carbons (Fsp3) is 0.658. The summed E-state index contributed by atoms with van der Waals surface area (Å²) >= 11 is 1.26. The van der Waals surface area contributed by atoms with Crippen molar-refractivity contribution < 1.29 is 57.2 Å². The molecule has 15 nitrogen and oxygen atoms in total. The fourth-order valence-corrected chi connectivity index (χ4v) is 12.0. The van der Waals surface area contributed by atoms with Crippen LogP contribution >= 0.6 is 11.8 Å². The normalized spacial score (nSPS) is 13.1.